The molecule has 3 aliphatic rings. The molecule has 0 bridgehead atoms. The third-order valence-electron chi connectivity index (χ3n) is 14.6. The Morgan fingerprint density at radius 2 is 1.66 bits per heavy atom. The van der Waals surface area contributed by atoms with Crippen molar-refractivity contribution in [3.8, 4) is 5.88 Å². The Morgan fingerprint density at radius 1 is 0.925 bits per heavy atom. The number of alkyl halides is 6. The lowest BCUT2D eigenvalue weighted by Gasteiger charge is -2.39. The van der Waals surface area contributed by atoms with E-state index in [0.717, 1.165) is 22.9 Å². The normalized spacial score (nSPS) is 21.3. The zero-order valence-electron chi connectivity index (χ0n) is 37.3. The van der Waals surface area contributed by atoms with Gasteiger partial charge in [-0.15, -0.1) is 0 Å². The lowest BCUT2D eigenvalue weighted by atomic mass is 9.74. The van der Waals surface area contributed by atoms with Crippen LogP contribution in [0.1, 0.15) is 112 Å². The Balaban J connectivity index is 1.04. The molecule has 67 heavy (non-hydrogen) atoms. The molecule has 2 aromatic carbocycles. The Labute approximate surface area is 387 Å². The Kier molecular flexibility index (Phi) is 12.3. The number of imidazole rings is 2. The minimum atomic E-state index is -5.43. The number of amides is 1. The van der Waals surface area contributed by atoms with Crippen LogP contribution in [0.5, 0.6) is 5.88 Å². The van der Waals surface area contributed by atoms with Gasteiger partial charge in [0.05, 0.1) is 64.4 Å². The van der Waals surface area contributed by atoms with Gasteiger partial charge in [-0.25, -0.2) is 19.9 Å². The van der Waals surface area contributed by atoms with Crippen molar-refractivity contribution < 1.29 is 46.1 Å². The molecular weight excluding hydrogens is 902 g/mol. The lowest BCUT2D eigenvalue weighted by molar-refractivity contribution is -0.145. The molecule has 2 aliphatic heterocycles. The zero-order chi connectivity index (χ0) is 47.7. The van der Waals surface area contributed by atoms with Crippen LogP contribution < -0.4 is 10.1 Å². The first-order valence-electron chi connectivity index (χ1n) is 22.5. The number of ether oxygens (including phenoxy) is 1. The number of benzene rings is 2. The van der Waals surface area contributed by atoms with Gasteiger partial charge >= 0.3 is 12.4 Å². The number of aliphatic hydroxyl groups excluding tert-OH is 1. The molecule has 1 saturated carbocycles. The van der Waals surface area contributed by atoms with E-state index in [1.54, 1.807) is 40.6 Å². The summed E-state index contributed by atoms with van der Waals surface area (Å²) in [7, 11) is 4.95. The molecule has 12 nitrogen and oxygen atoms in total. The number of piperidine rings is 2. The summed E-state index contributed by atoms with van der Waals surface area (Å²) in [5.41, 5.74) is -4.96. The summed E-state index contributed by atoms with van der Waals surface area (Å²) in [5, 5.41) is 27.4. The number of hydrogen-bond acceptors (Lipinski definition) is 9. The molecule has 1 aliphatic carbocycles. The highest BCUT2D eigenvalue weighted by Crippen LogP contribution is 2.51. The van der Waals surface area contributed by atoms with Crippen LogP contribution in [0.2, 0.25) is 5.02 Å². The number of nitrogens with one attached hydrogen (secondary N) is 1. The van der Waals surface area contributed by atoms with Crippen molar-refractivity contribution in [2.24, 2.45) is 31.8 Å². The Morgan fingerprint density at radius 3 is 2.31 bits per heavy atom. The van der Waals surface area contributed by atoms with E-state index >= 15 is 13.2 Å². The van der Waals surface area contributed by atoms with Gasteiger partial charge in [0.2, 0.25) is 5.88 Å². The number of likely N-dealkylation sites (tertiary alicyclic amines) is 1. The molecule has 3 fully saturated rings. The molecule has 5 atom stereocenters. The molecule has 9 rings (SSSR count). The molecule has 0 spiro atoms. The highest BCUT2D eigenvalue weighted by atomic mass is 35.5. The van der Waals surface area contributed by atoms with E-state index in [1.165, 1.54) is 25.7 Å². The Bertz CT molecular complexity index is 2860. The van der Waals surface area contributed by atoms with Crippen molar-refractivity contribution in [1.82, 2.24) is 39.3 Å². The minimum absolute atomic E-state index is 0.0193. The number of nitrogens with zero attached hydrogens (tertiary/aromatic N) is 7. The maximum atomic E-state index is 15.6. The smallest absolute Gasteiger partial charge is 0.434 e. The number of rotatable bonds is 9. The van der Waals surface area contributed by atoms with Gasteiger partial charge in [-0.3, -0.25) is 4.79 Å². The summed E-state index contributed by atoms with van der Waals surface area (Å²) < 4.78 is 101. The fourth-order valence-electron chi connectivity index (χ4n) is 11.1. The van der Waals surface area contributed by atoms with Gasteiger partial charge in [0.1, 0.15) is 17.5 Å². The second-order valence-electron chi connectivity index (χ2n) is 18.4. The number of methoxy groups -OCH3 is 1. The summed E-state index contributed by atoms with van der Waals surface area (Å²) in [6.07, 6.45) is -3.60. The maximum Gasteiger partial charge on any atom is 0.434 e. The van der Waals surface area contributed by atoms with Crippen LogP contribution in [0, 0.1) is 24.7 Å². The number of aryl methyl sites for hydroxylation is 2. The SMILES string of the molecule is COc1nc2ccc(C(O)c3cnc(C)n3C)cc2c(Cl)c1C1CCC(C2CCCN(C(=O)c3c(C(F)(F)F)nc4ccc(C(O)(c5cncn5C)C5CCNCC5)cc4c3C(F)(F)F)C2)C1. The van der Waals surface area contributed by atoms with Crippen molar-refractivity contribution in [1.29, 1.82) is 0 Å². The van der Waals surface area contributed by atoms with E-state index in [0.29, 0.717) is 102 Å². The number of fused-ring (bicyclic) bond motifs is 2. The van der Waals surface area contributed by atoms with Crippen LogP contribution >= 0.6 is 11.6 Å². The van der Waals surface area contributed by atoms with Crippen molar-refractivity contribution in [3.05, 3.63) is 111 Å². The molecule has 1 amide bonds. The predicted octanol–water partition coefficient (Wildman–Crippen LogP) is 9.01. The summed E-state index contributed by atoms with van der Waals surface area (Å²) >= 11 is 7.20. The molecule has 356 valence electrons. The number of halogens is 7. The third kappa shape index (κ3) is 8.30. The fraction of sp³-hybridized carbons (Fsp3) is 0.479. The molecular formula is C48H51ClF6N8O4. The lowest BCUT2D eigenvalue weighted by Crippen LogP contribution is -2.44. The molecule has 2 saturated heterocycles. The van der Waals surface area contributed by atoms with Gasteiger partial charge in [0.15, 0.2) is 5.69 Å². The van der Waals surface area contributed by atoms with Crippen molar-refractivity contribution in [3.63, 3.8) is 0 Å². The number of pyridine rings is 2. The molecule has 5 unspecified atom stereocenters. The highest BCUT2D eigenvalue weighted by molar-refractivity contribution is 6.36. The molecule has 6 aromatic rings. The standard InChI is InChI=1S/C48H51ClF6N8O4/c1-25-58-21-36(62(25)3)42(64)28-9-11-35-33(19-28)41(49)38(44(60-35)67-4)27-8-7-26(18-27)29-6-5-17-63(23-29)45(65)39-40(47(50,51)52)32-20-31(10-12-34(32)59-43(39)48(53,54)55)46(66,30-13-15-56-16-14-30)37-22-57-24-61(37)2/h9-12,19-22,24,26-27,29-30,42,56,64,66H,5-8,13-18,23H2,1-4H3. The summed E-state index contributed by atoms with van der Waals surface area (Å²) in [6, 6.07) is 8.72. The van der Waals surface area contributed by atoms with Crippen molar-refractivity contribution >= 4 is 39.3 Å². The number of carbonyl (C=O) groups excluding carboxylic acids is 1. The summed E-state index contributed by atoms with van der Waals surface area (Å²) in [5.74, 6) is -1.28. The van der Waals surface area contributed by atoms with Gasteiger partial charge < -0.3 is 34.3 Å². The molecule has 3 N–H and O–H groups in total. The van der Waals surface area contributed by atoms with E-state index < -0.39 is 63.6 Å². The van der Waals surface area contributed by atoms with Crippen LogP contribution in [0.15, 0.2) is 55.1 Å². The van der Waals surface area contributed by atoms with Crippen LogP contribution in [0.4, 0.5) is 26.3 Å². The molecule has 0 radical (unpaired) electrons. The molecule has 19 heteroatoms. The van der Waals surface area contributed by atoms with Gasteiger partial charge in [-0.2, -0.15) is 26.3 Å². The molecule has 4 aromatic heterocycles. The minimum Gasteiger partial charge on any atom is -0.481 e. The first-order chi connectivity index (χ1) is 31.8. The number of carbonyl (C=O) groups is 1. The van der Waals surface area contributed by atoms with Crippen LogP contribution in [-0.4, -0.2) is 83.4 Å². The third-order valence-corrected chi connectivity index (χ3v) is 15.0. The Hall–Kier alpha value is -5.30. The molecule has 6 heterocycles. The van der Waals surface area contributed by atoms with Crippen LogP contribution in [-0.2, 0) is 32.0 Å². The van der Waals surface area contributed by atoms with E-state index in [9.17, 15) is 28.2 Å². The zero-order valence-corrected chi connectivity index (χ0v) is 38.1. The van der Waals surface area contributed by atoms with E-state index in [2.05, 4.69) is 20.3 Å². The second-order valence-corrected chi connectivity index (χ2v) is 18.7. The quantitative estimate of drug-likeness (QED) is 0.121. The second kappa shape index (κ2) is 17.7. The van der Waals surface area contributed by atoms with Gasteiger partial charge in [-0.05, 0) is 118 Å². The maximum absolute atomic E-state index is 15.6. The predicted molar refractivity (Wildman–Crippen MR) is 238 cm³/mol. The van der Waals surface area contributed by atoms with Gasteiger partial charge in [-0.1, -0.05) is 23.7 Å². The van der Waals surface area contributed by atoms with E-state index in [-0.39, 0.29) is 36.4 Å². The summed E-state index contributed by atoms with van der Waals surface area (Å²) in [6.45, 7) is 2.79. The van der Waals surface area contributed by atoms with E-state index in [4.69, 9.17) is 21.3 Å². The monoisotopic (exact) mass is 952 g/mol. The van der Waals surface area contributed by atoms with Crippen LogP contribution in [0.3, 0.4) is 0 Å². The first-order valence-corrected chi connectivity index (χ1v) is 22.8. The highest BCUT2D eigenvalue weighted by Gasteiger charge is 2.49. The summed E-state index contributed by atoms with van der Waals surface area (Å²) in [4.78, 5) is 32.6. The average molecular weight is 953 g/mol. The average Bonchev–Trinajstić information content (AvgIpc) is 4.07. The number of hydrogen-bond donors (Lipinski definition) is 3. The van der Waals surface area contributed by atoms with Crippen LogP contribution in [0.25, 0.3) is 21.8 Å². The number of aromatic nitrogens is 6. The van der Waals surface area contributed by atoms with Crippen molar-refractivity contribution in [2.75, 3.05) is 33.3 Å². The van der Waals surface area contributed by atoms with Crippen molar-refractivity contribution in [2.45, 2.75) is 81.8 Å². The topological polar surface area (TPSA) is 143 Å². The van der Waals surface area contributed by atoms with Gasteiger partial charge in [0.25, 0.3) is 5.91 Å². The number of aliphatic hydroxyl groups is 2. The largest absolute Gasteiger partial charge is 0.481 e. The van der Waals surface area contributed by atoms with E-state index in [1.807, 2.05) is 14.0 Å². The fourth-order valence-corrected chi connectivity index (χ4v) is 11.5. The van der Waals surface area contributed by atoms with Gasteiger partial charge in [0, 0.05) is 49.4 Å². The first kappa shape index (κ1) is 46.8.